The summed E-state index contributed by atoms with van der Waals surface area (Å²) in [7, 11) is 1.55. The van der Waals surface area contributed by atoms with Crippen molar-refractivity contribution in [3.8, 4) is 11.8 Å². The SMILES string of the molecule is CCCn1c(C)cc(/C=C(\C#N)C(=O)Nc2cc(C)ccc2OC)c1C. The van der Waals surface area contributed by atoms with Gasteiger partial charge in [-0.05, 0) is 62.6 Å². The van der Waals surface area contributed by atoms with Gasteiger partial charge in [-0.3, -0.25) is 4.79 Å². The number of aryl methyl sites for hydroxylation is 2. The highest BCUT2D eigenvalue weighted by molar-refractivity contribution is 6.10. The van der Waals surface area contributed by atoms with Gasteiger partial charge >= 0.3 is 0 Å². The Morgan fingerprint density at radius 3 is 2.65 bits per heavy atom. The number of anilines is 1. The van der Waals surface area contributed by atoms with E-state index in [9.17, 15) is 10.1 Å². The lowest BCUT2D eigenvalue weighted by Gasteiger charge is -2.10. The second-order valence-corrected chi connectivity index (χ2v) is 6.31. The van der Waals surface area contributed by atoms with E-state index in [2.05, 4.69) is 16.8 Å². The molecule has 0 unspecified atom stereocenters. The van der Waals surface area contributed by atoms with Gasteiger partial charge in [-0.25, -0.2) is 0 Å². The summed E-state index contributed by atoms with van der Waals surface area (Å²) in [5.41, 5.74) is 4.66. The molecule has 0 saturated carbocycles. The molecular weight excluding hydrogens is 326 g/mol. The maximum atomic E-state index is 12.6. The first-order valence-electron chi connectivity index (χ1n) is 8.65. The minimum absolute atomic E-state index is 0.0605. The number of nitrogens with zero attached hydrogens (tertiary/aromatic N) is 2. The molecule has 0 atom stereocenters. The topological polar surface area (TPSA) is 67.0 Å². The highest BCUT2D eigenvalue weighted by Crippen LogP contribution is 2.26. The van der Waals surface area contributed by atoms with Gasteiger partial charge in [0.25, 0.3) is 5.91 Å². The number of carbonyl (C=O) groups is 1. The summed E-state index contributed by atoms with van der Waals surface area (Å²) in [4.78, 5) is 12.6. The van der Waals surface area contributed by atoms with Crippen LogP contribution in [0.4, 0.5) is 5.69 Å². The Bertz CT molecular complexity index is 885. The molecule has 0 aliphatic carbocycles. The Kier molecular flexibility index (Phi) is 6.24. The van der Waals surface area contributed by atoms with Crippen molar-refractivity contribution >= 4 is 17.7 Å². The van der Waals surface area contributed by atoms with E-state index in [1.807, 2.05) is 45.0 Å². The van der Waals surface area contributed by atoms with Crippen molar-refractivity contribution in [3.05, 3.63) is 52.4 Å². The first-order valence-corrected chi connectivity index (χ1v) is 8.65. The van der Waals surface area contributed by atoms with Crippen molar-refractivity contribution in [1.82, 2.24) is 4.57 Å². The summed E-state index contributed by atoms with van der Waals surface area (Å²) >= 11 is 0. The number of amides is 1. The fraction of sp³-hybridized carbons (Fsp3) is 0.333. The summed E-state index contributed by atoms with van der Waals surface area (Å²) in [6.07, 6.45) is 2.67. The van der Waals surface area contributed by atoms with Crippen LogP contribution in [0.1, 0.15) is 35.9 Å². The molecule has 1 amide bonds. The zero-order valence-corrected chi connectivity index (χ0v) is 16.0. The number of hydrogen-bond donors (Lipinski definition) is 1. The first kappa shape index (κ1) is 19.3. The van der Waals surface area contributed by atoms with Gasteiger partial charge in [0.15, 0.2) is 0 Å². The third-order valence-electron chi connectivity index (χ3n) is 4.33. The molecule has 0 aliphatic rings. The van der Waals surface area contributed by atoms with E-state index in [0.29, 0.717) is 11.4 Å². The van der Waals surface area contributed by atoms with Crippen LogP contribution in [0.15, 0.2) is 29.8 Å². The monoisotopic (exact) mass is 351 g/mol. The summed E-state index contributed by atoms with van der Waals surface area (Å²) in [6, 6.07) is 9.52. The molecule has 0 spiro atoms. The summed E-state index contributed by atoms with van der Waals surface area (Å²) < 4.78 is 7.47. The molecule has 0 radical (unpaired) electrons. The third kappa shape index (κ3) is 4.15. The molecule has 26 heavy (non-hydrogen) atoms. The Morgan fingerprint density at radius 2 is 2.04 bits per heavy atom. The van der Waals surface area contributed by atoms with Gasteiger partial charge in [-0.15, -0.1) is 0 Å². The average molecular weight is 351 g/mol. The molecule has 1 heterocycles. The number of ether oxygens (including phenoxy) is 1. The van der Waals surface area contributed by atoms with Crippen LogP contribution < -0.4 is 10.1 Å². The third-order valence-corrected chi connectivity index (χ3v) is 4.33. The Labute approximate surface area is 154 Å². The summed E-state index contributed by atoms with van der Waals surface area (Å²) in [5, 5.41) is 12.2. The Hall–Kier alpha value is -3.00. The van der Waals surface area contributed by atoms with E-state index < -0.39 is 5.91 Å². The number of hydrogen-bond acceptors (Lipinski definition) is 3. The van der Waals surface area contributed by atoms with Gasteiger partial charge in [0.05, 0.1) is 12.8 Å². The number of aromatic nitrogens is 1. The van der Waals surface area contributed by atoms with Gasteiger partial charge in [0.1, 0.15) is 17.4 Å². The fourth-order valence-corrected chi connectivity index (χ4v) is 2.95. The molecule has 2 aromatic rings. The number of carbonyl (C=O) groups excluding carboxylic acids is 1. The second kappa shape index (κ2) is 8.39. The zero-order valence-electron chi connectivity index (χ0n) is 16.0. The van der Waals surface area contributed by atoms with Crippen LogP contribution in [-0.4, -0.2) is 17.6 Å². The van der Waals surface area contributed by atoms with Crippen molar-refractivity contribution in [2.75, 3.05) is 12.4 Å². The molecule has 0 bridgehead atoms. The number of benzene rings is 1. The van der Waals surface area contributed by atoms with Gasteiger partial charge < -0.3 is 14.6 Å². The van der Waals surface area contributed by atoms with Crippen molar-refractivity contribution in [3.63, 3.8) is 0 Å². The normalized spacial score (nSPS) is 11.2. The maximum absolute atomic E-state index is 12.6. The van der Waals surface area contributed by atoms with Crippen molar-refractivity contribution in [2.24, 2.45) is 0 Å². The minimum Gasteiger partial charge on any atom is -0.495 e. The van der Waals surface area contributed by atoms with E-state index >= 15 is 0 Å². The molecule has 0 fully saturated rings. The van der Waals surface area contributed by atoms with E-state index in [1.165, 1.54) is 0 Å². The number of nitrogens with one attached hydrogen (secondary N) is 1. The van der Waals surface area contributed by atoms with E-state index in [0.717, 1.165) is 35.5 Å². The molecule has 5 nitrogen and oxygen atoms in total. The van der Waals surface area contributed by atoms with Crippen molar-refractivity contribution in [1.29, 1.82) is 5.26 Å². The molecule has 0 aliphatic heterocycles. The molecule has 136 valence electrons. The van der Waals surface area contributed by atoms with Gasteiger partial charge in [-0.1, -0.05) is 13.0 Å². The Balaban J connectivity index is 2.33. The lowest BCUT2D eigenvalue weighted by atomic mass is 10.1. The average Bonchev–Trinajstić information content (AvgIpc) is 2.87. The zero-order chi connectivity index (χ0) is 19.3. The predicted molar refractivity (Wildman–Crippen MR) is 104 cm³/mol. The van der Waals surface area contributed by atoms with Gasteiger partial charge in [0, 0.05) is 17.9 Å². The van der Waals surface area contributed by atoms with Crippen LogP contribution in [0.5, 0.6) is 5.75 Å². The van der Waals surface area contributed by atoms with Crippen molar-refractivity contribution in [2.45, 2.75) is 40.7 Å². The lowest BCUT2D eigenvalue weighted by Crippen LogP contribution is -2.14. The summed E-state index contributed by atoms with van der Waals surface area (Å²) in [5.74, 6) is 0.110. The van der Waals surface area contributed by atoms with Gasteiger partial charge in [-0.2, -0.15) is 5.26 Å². The highest BCUT2D eigenvalue weighted by atomic mass is 16.5. The van der Waals surface area contributed by atoms with E-state index in [1.54, 1.807) is 19.3 Å². The smallest absolute Gasteiger partial charge is 0.266 e. The van der Waals surface area contributed by atoms with Crippen LogP contribution in [0.3, 0.4) is 0 Å². The van der Waals surface area contributed by atoms with Gasteiger partial charge in [0.2, 0.25) is 0 Å². The quantitative estimate of drug-likeness (QED) is 0.620. The lowest BCUT2D eigenvalue weighted by molar-refractivity contribution is -0.112. The first-order chi connectivity index (χ1) is 12.4. The standard InChI is InChI=1S/C21H25N3O2/c1-6-9-24-15(3)11-17(16(24)4)12-18(13-22)21(25)23-19-10-14(2)7-8-20(19)26-5/h7-8,10-12H,6,9H2,1-5H3,(H,23,25)/b18-12+. The molecule has 1 N–H and O–H groups in total. The molecular formula is C21H25N3O2. The second-order valence-electron chi connectivity index (χ2n) is 6.31. The number of methoxy groups -OCH3 is 1. The minimum atomic E-state index is -0.448. The van der Waals surface area contributed by atoms with Crippen LogP contribution in [0, 0.1) is 32.1 Å². The van der Waals surface area contributed by atoms with E-state index in [4.69, 9.17) is 4.74 Å². The van der Waals surface area contributed by atoms with Crippen LogP contribution in [0.25, 0.3) is 6.08 Å². The number of nitriles is 1. The molecule has 2 rings (SSSR count). The number of rotatable bonds is 6. The molecule has 5 heteroatoms. The predicted octanol–water partition coefficient (Wildman–Crippen LogP) is 4.38. The van der Waals surface area contributed by atoms with Crippen molar-refractivity contribution < 1.29 is 9.53 Å². The van der Waals surface area contributed by atoms with Crippen LogP contribution in [0.2, 0.25) is 0 Å². The highest BCUT2D eigenvalue weighted by Gasteiger charge is 2.15. The van der Waals surface area contributed by atoms with Crippen LogP contribution in [-0.2, 0) is 11.3 Å². The van der Waals surface area contributed by atoms with E-state index in [-0.39, 0.29) is 5.57 Å². The summed E-state index contributed by atoms with van der Waals surface area (Å²) in [6.45, 7) is 9.01. The Morgan fingerprint density at radius 1 is 1.31 bits per heavy atom. The van der Waals surface area contributed by atoms with Crippen LogP contribution >= 0.6 is 0 Å². The fourth-order valence-electron chi connectivity index (χ4n) is 2.95. The molecule has 1 aromatic heterocycles. The maximum Gasteiger partial charge on any atom is 0.266 e. The largest absolute Gasteiger partial charge is 0.495 e. The molecule has 0 saturated heterocycles. The molecule has 1 aromatic carbocycles.